The Labute approximate surface area is 220 Å². The Kier molecular flexibility index (Phi) is 6.97. The van der Waals surface area contributed by atoms with Crippen LogP contribution in [0.5, 0.6) is 5.75 Å². The molecule has 3 heterocycles. The van der Waals surface area contributed by atoms with E-state index in [-0.39, 0.29) is 11.7 Å². The van der Waals surface area contributed by atoms with Crippen LogP contribution in [0.4, 0.5) is 27.4 Å². The lowest BCUT2D eigenvalue weighted by atomic mass is 10.1. The second-order valence-electron chi connectivity index (χ2n) is 9.35. The van der Waals surface area contributed by atoms with Crippen molar-refractivity contribution in [3.63, 3.8) is 0 Å². The first-order chi connectivity index (χ1) is 18.4. The number of amides is 1. The number of halogens is 1. The van der Waals surface area contributed by atoms with Gasteiger partial charge in [0.25, 0.3) is 0 Å². The molecule has 0 saturated carbocycles. The smallest absolute Gasteiger partial charge is 0.247 e. The first-order valence-electron chi connectivity index (χ1n) is 12.3. The average Bonchev–Trinajstić information content (AvgIpc) is 3.54. The molecule has 1 amide bonds. The molecule has 0 radical (unpaired) electrons. The number of nitrogens with zero attached hydrogens (tertiary/aromatic N) is 5. The summed E-state index contributed by atoms with van der Waals surface area (Å²) in [6.45, 7) is 5.52. The molecule has 0 bridgehead atoms. The van der Waals surface area contributed by atoms with E-state index in [4.69, 9.17) is 9.72 Å². The molecule has 2 aromatic heterocycles. The number of fused-ring (bicyclic) bond motifs is 1. The van der Waals surface area contributed by atoms with Gasteiger partial charge in [-0.05, 0) is 55.9 Å². The fourth-order valence-electron chi connectivity index (χ4n) is 4.79. The highest BCUT2D eigenvalue weighted by molar-refractivity contribution is 6.02. The number of carbonyl (C=O) groups excluding carboxylic acids is 1. The summed E-state index contributed by atoms with van der Waals surface area (Å²) >= 11 is 0. The van der Waals surface area contributed by atoms with Gasteiger partial charge in [-0.15, -0.1) is 0 Å². The molecule has 0 aliphatic carbocycles. The molecule has 1 saturated heterocycles. The summed E-state index contributed by atoms with van der Waals surface area (Å²) in [6, 6.07) is 12.3. The van der Waals surface area contributed by atoms with Gasteiger partial charge in [0.1, 0.15) is 23.5 Å². The van der Waals surface area contributed by atoms with Gasteiger partial charge in [-0.3, -0.25) is 9.20 Å². The maximum Gasteiger partial charge on any atom is 0.247 e. The number of ether oxygens (including phenoxy) is 1. The summed E-state index contributed by atoms with van der Waals surface area (Å²) in [4.78, 5) is 25.9. The van der Waals surface area contributed by atoms with Gasteiger partial charge in [-0.1, -0.05) is 18.7 Å². The summed E-state index contributed by atoms with van der Waals surface area (Å²) in [6.07, 6.45) is 5.72. The standard InChI is InChI=1S/C28H30FN7O2/c1-5-26(37)31-22-14-23(25(38-4)15-24(22)35(3)20-9-11-34(2)16-20)32-28-30-17-36-12-10-21(27(36)33-28)18-7-6-8-19(29)13-18/h5-8,10,12-15,17,20H,1,9,11,16H2,2-4H3,(H,31,37)(H,32,33). The average molecular weight is 516 g/mol. The normalized spacial score (nSPS) is 15.4. The molecule has 2 N–H and O–H groups in total. The molecule has 1 unspecified atom stereocenters. The maximum atomic E-state index is 13.9. The van der Waals surface area contributed by atoms with Crippen LogP contribution in [0.2, 0.25) is 0 Å². The summed E-state index contributed by atoms with van der Waals surface area (Å²) in [5.41, 5.74) is 4.14. The molecule has 9 nitrogen and oxygen atoms in total. The Morgan fingerprint density at radius 2 is 2.11 bits per heavy atom. The molecule has 2 aromatic carbocycles. The third-order valence-electron chi connectivity index (χ3n) is 6.84. The zero-order valence-electron chi connectivity index (χ0n) is 21.6. The monoisotopic (exact) mass is 515 g/mol. The van der Waals surface area contributed by atoms with Crippen LogP contribution < -0.4 is 20.3 Å². The molecule has 4 aromatic rings. The molecular weight excluding hydrogens is 485 g/mol. The predicted molar refractivity (Wildman–Crippen MR) is 148 cm³/mol. The van der Waals surface area contributed by atoms with E-state index in [0.29, 0.717) is 40.3 Å². The molecule has 196 valence electrons. The number of anilines is 4. The summed E-state index contributed by atoms with van der Waals surface area (Å²) in [5.74, 6) is 0.262. The van der Waals surface area contributed by atoms with Crippen LogP contribution >= 0.6 is 0 Å². The summed E-state index contributed by atoms with van der Waals surface area (Å²) in [5, 5.41) is 6.16. The van der Waals surface area contributed by atoms with Gasteiger partial charge >= 0.3 is 0 Å². The maximum absolute atomic E-state index is 13.9. The van der Waals surface area contributed by atoms with E-state index >= 15 is 0 Å². The van der Waals surface area contributed by atoms with Gasteiger partial charge in [-0.2, -0.15) is 4.98 Å². The Morgan fingerprint density at radius 3 is 2.82 bits per heavy atom. The van der Waals surface area contributed by atoms with E-state index in [2.05, 4.69) is 39.0 Å². The Morgan fingerprint density at radius 1 is 1.26 bits per heavy atom. The lowest BCUT2D eigenvalue weighted by molar-refractivity contribution is -0.111. The number of likely N-dealkylation sites (tertiary alicyclic amines) is 1. The quantitative estimate of drug-likeness (QED) is 0.333. The lowest BCUT2D eigenvalue weighted by Crippen LogP contribution is -2.34. The van der Waals surface area contributed by atoms with Crippen molar-refractivity contribution in [2.45, 2.75) is 12.5 Å². The summed E-state index contributed by atoms with van der Waals surface area (Å²) in [7, 11) is 5.71. The van der Waals surface area contributed by atoms with Crippen molar-refractivity contribution in [2.24, 2.45) is 0 Å². The van der Waals surface area contributed by atoms with Gasteiger partial charge in [0, 0.05) is 37.5 Å². The topological polar surface area (TPSA) is 87.0 Å². The first-order valence-corrected chi connectivity index (χ1v) is 12.3. The number of aromatic nitrogens is 3. The third-order valence-corrected chi connectivity index (χ3v) is 6.84. The molecule has 1 aliphatic heterocycles. The van der Waals surface area contributed by atoms with E-state index in [1.165, 1.54) is 18.2 Å². The Bertz CT molecular complexity index is 1500. The number of nitrogens with one attached hydrogen (secondary N) is 2. The molecule has 1 fully saturated rings. The van der Waals surface area contributed by atoms with Crippen LogP contribution in [0.25, 0.3) is 16.8 Å². The highest BCUT2D eigenvalue weighted by Crippen LogP contribution is 2.39. The predicted octanol–water partition coefficient (Wildman–Crippen LogP) is 4.55. The molecule has 38 heavy (non-hydrogen) atoms. The van der Waals surface area contributed by atoms with Gasteiger partial charge in [0.15, 0.2) is 0 Å². The number of hydrogen-bond acceptors (Lipinski definition) is 7. The molecule has 1 aliphatic rings. The highest BCUT2D eigenvalue weighted by Gasteiger charge is 2.26. The fraction of sp³-hybridized carbons (Fsp3) is 0.250. The van der Waals surface area contributed by atoms with Crippen molar-refractivity contribution < 1.29 is 13.9 Å². The number of likely N-dealkylation sites (N-methyl/N-ethyl adjacent to an activating group) is 2. The van der Waals surface area contributed by atoms with Crippen LogP contribution in [-0.2, 0) is 4.79 Å². The number of hydrogen-bond donors (Lipinski definition) is 2. The number of rotatable bonds is 8. The number of methoxy groups -OCH3 is 1. The van der Waals surface area contributed by atoms with Gasteiger partial charge < -0.3 is 25.2 Å². The molecule has 10 heteroatoms. The third kappa shape index (κ3) is 5.03. The SMILES string of the molecule is C=CC(=O)Nc1cc(Nc2ncn3ccc(-c4cccc(F)c4)c3n2)c(OC)cc1N(C)C1CCN(C)C1. The Hall–Kier alpha value is -4.44. The zero-order valence-corrected chi connectivity index (χ0v) is 21.6. The van der Waals surface area contributed by atoms with Crippen molar-refractivity contribution in [3.8, 4) is 16.9 Å². The minimum atomic E-state index is -0.317. The van der Waals surface area contributed by atoms with Crippen molar-refractivity contribution in [1.82, 2.24) is 19.3 Å². The minimum Gasteiger partial charge on any atom is -0.494 e. The molecular formula is C28H30FN7O2. The van der Waals surface area contributed by atoms with Crippen molar-refractivity contribution in [3.05, 3.63) is 73.5 Å². The van der Waals surface area contributed by atoms with E-state index in [1.807, 2.05) is 37.5 Å². The van der Waals surface area contributed by atoms with Crippen LogP contribution in [0.15, 0.2) is 67.6 Å². The van der Waals surface area contributed by atoms with Crippen molar-refractivity contribution >= 4 is 34.6 Å². The van der Waals surface area contributed by atoms with Crippen LogP contribution in [0.1, 0.15) is 6.42 Å². The Balaban J connectivity index is 1.52. The second-order valence-corrected chi connectivity index (χ2v) is 9.35. The van der Waals surface area contributed by atoms with Crippen molar-refractivity contribution in [2.75, 3.05) is 49.8 Å². The second kappa shape index (κ2) is 10.5. The van der Waals surface area contributed by atoms with E-state index < -0.39 is 0 Å². The fourth-order valence-corrected chi connectivity index (χ4v) is 4.79. The van der Waals surface area contributed by atoms with Gasteiger partial charge in [-0.25, -0.2) is 9.37 Å². The first kappa shape index (κ1) is 25.2. The number of carbonyl (C=O) groups is 1. The van der Waals surface area contributed by atoms with Crippen molar-refractivity contribution in [1.29, 1.82) is 0 Å². The van der Waals surface area contributed by atoms with Gasteiger partial charge in [0.05, 0.1) is 24.2 Å². The largest absolute Gasteiger partial charge is 0.494 e. The lowest BCUT2D eigenvalue weighted by Gasteiger charge is -2.29. The summed E-state index contributed by atoms with van der Waals surface area (Å²) < 4.78 is 21.4. The van der Waals surface area contributed by atoms with E-state index in [0.717, 1.165) is 30.8 Å². The molecule has 1 atom stereocenters. The highest BCUT2D eigenvalue weighted by atomic mass is 19.1. The van der Waals surface area contributed by atoms with E-state index in [9.17, 15) is 9.18 Å². The van der Waals surface area contributed by atoms with Crippen LogP contribution in [-0.4, -0.2) is 65.5 Å². The zero-order chi connectivity index (χ0) is 26.8. The molecule has 0 spiro atoms. The van der Waals surface area contributed by atoms with Crippen LogP contribution in [0, 0.1) is 5.82 Å². The van der Waals surface area contributed by atoms with E-state index in [1.54, 1.807) is 23.9 Å². The minimum absolute atomic E-state index is 0.296. The molecule has 5 rings (SSSR count). The van der Waals surface area contributed by atoms with Gasteiger partial charge in [0.2, 0.25) is 11.9 Å². The van der Waals surface area contributed by atoms with Crippen LogP contribution in [0.3, 0.4) is 0 Å². The number of benzene rings is 2.